The van der Waals surface area contributed by atoms with Crippen LogP contribution in [-0.4, -0.2) is 24.9 Å². The van der Waals surface area contributed by atoms with Gasteiger partial charge in [0.25, 0.3) is 5.91 Å². The van der Waals surface area contributed by atoms with Gasteiger partial charge < -0.3 is 16.0 Å². The minimum atomic E-state index is -0.345. The van der Waals surface area contributed by atoms with Gasteiger partial charge in [0.2, 0.25) is 5.91 Å². The van der Waals surface area contributed by atoms with E-state index in [0.717, 1.165) is 37.9 Å². The molecule has 1 aliphatic carbocycles. The van der Waals surface area contributed by atoms with Gasteiger partial charge in [-0.25, -0.2) is 4.39 Å². The number of hydrogen-bond donors (Lipinski definition) is 3. The van der Waals surface area contributed by atoms with E-state index in [1.54, 1.807) is 12.1 Å². The van der Waals surface area contributed by atoms with Crippen molar-refractivity contribution in [3.05, 3.63) is 65.5 Å². The van der Waals surface area contributed by atoms with Gasteiger partial charge in [0.05, 0.1) is 5.41 Å². The van der Waals surface area contributed by atoms with Crippen LogP contribution >= 0.6 is 12.4 Å². The van der Waals surface area contributed by atoms with Crippen LogP contribution in [0.1, 0.15) is 41.6 Å². The molecule has 0 aromatic heterocycles. The number of hydrogen-bond acceptors (Lipinski definition) is 3. The fourth-order valence-corrected chi connectivity index (χ4v) is 4.56. The Balaban J connectivity index is 0.00000256. The maximum atomic E-state index is 13.0. The summed E-state index contributed by atoms with van der Waals surface area (Å²) in [5, 5.41) is 9.25. The van der Waals surface area contributed by atoms with Gasteiger partial charge in [0.1, 0.15) is 5.82 Å². The highest BCUT2D eigenvalue weighted by Gasteiger charge is 2.49. The first-order chi connectivity index (χ1) is 14.1. The molecule has 0 bridgehead atoms. The predicted molar refractivity (Wildman–Crippen MR) is 117 cm³/mol. The van der Waals surface area contributed by atoms with Crippen molar-refractivity contribution < 1.29 is 14.0 Å². The number of carbonyl (C=O) groups is 2. The standard InChI is InChI=1S/C23H26FN3O2.ClH/c24-19-8-10-20(11-9-19)27-21(28)17-6-4-16(5-7-17)13-26-22(29)23-12-2-1-3-18(23)14-25-15-23;/h4-11,18,25H,1-3,12-15H2,(H,26,29)(H,27,28);1H/t18-,23+;/m0./s1. The molecule has 160 valence electrons. The molecule has 0 radical (unpaired) electrons. The maximum absolute atomic E-state index is 13.0. The van der Waals surface area contributed by atoms with Gasteiger partial charge in [-0.1, -0.05) is 25.0 Å². The van der Waals surface area contributed by atoms with Gasteiger partial charge in [-0.2, -0.15) is 0 Å². The summed E-state index contributed by atoms with van der Waals surface area (Å²) in [6.45, 7) is 2.16. The average Bonchev–Trinajstić information content (AvgIpc) is 3.19. The van der Waals surface area contributed by atoms with Gasteiger partial charge in [0.15, 0.2) is 0 Å². The number of halogens is 2. The molecule has 2 atom stereocenters. The largest absolute Gasteiger partial charge is 0.351 e. The van der Waals surface area contributed by atoms with E-state index in [4.69, 9.17) is 0 Å². The summed E-state index contributed by atoms with van der Waals surface area (Å²) in [6.07, 6.45) is 4.41. The fourth-order valence-electron chi connectivity index (χ4n) is 4.56. The quantitative estimate of drug-likeness (QED) is 0.672. The summed E-state index contributed by atoms with van der Waals surface area (Å²) in [5.74, 6) is -0.0193. The molecule has 4 rings (SSSR count). The molecule has 2 aliphatic rings. The van der Waals surface area contributed by atoms with Crippen molar-refractivity contribution in [2.24, 2.45) is 11.3 Å². The molecule has 2 aromatic rings. The molecule has 0 spiro atoms. The smallest absolute Gasteiger partial charge is 0.255 e. The van der Waals surface area contributed by atoms with Crippen LogP contribution in [0, 0.1) is 17.2 Å². The number of benzene rings is 2. The first-order valence-corrected chi connectivity index (χ1v) is 10.2. The van der Waals surface area contributed by atoms with E-state index in [1.807, 2.05) is 12.1 Å². The van der Waals surface area contributed by atoms with Crippen LogP contribution in [0.4, 0.5) is 10.1 Å². The third-order valence-corrected chi connectivity index (χ3v) is 6.26. The second-order valence-corrected chi connectivity index (χ2v) is 8.07. The maximum Gasteiger partial charge on any atom is 0.255 e. The zero-order valence-electron chi connectivity index (χ0n) is 16.7. The molecule has 1 saturated carbocycles. The summed E-state index contributed by atoms with van der Waals surface area (Å²) in [4.78, 5) is 25.3. The lowest BCUT2D eigenvalue weighted by molar-refractivity contribution is -0.134. The van der Waals surface area contributed by atoms with E-state index >= 15 is 0 Å². The Kier molecular flexibility index (Phi) is 7.10. The van der Waals surface area contributed by atoms with Crippen LogP contribution in [0.25, 0.3) is 0 Å². The van der Waals surface area contributed by atoms with Crippen molar-refractivity contribution in [3.63, 3.8) is 0 Å². The van der Waals surface area contributed by atoms with E-state index in [9.17, 15) is 14.0 Å². The summed E-state index contributed by atoms with van der Waals surface area (Å²) >= 11 is 0. The Labute approximate surface area is 182 Å². The van der Waals surface area contributed by atoms with Crippen molar-refractivity contribution in [3.8, 4) is 0 Å². The average molecular weight is 432 g/mol. The Bertz CT molecular complexity index is 888. The topological polar surface area (TPSA) is 70.2 Å². The van der Waals surface area contributed by atoms with E-state index in [0.29, 0.717) is 23.7 Å². The fraction of sp³-hybridized carbons (Fsp3) is 0.391. The zero-order valence-corrected chi connectivity index (χ0v) is 17.6. The number of nitrogens with one attached hydrogen (secondary N) is 3. The normalized spacial score (nSPS) is 22.5. The molecule has 30 heavy (non-hydrogen) atoms. The second-order valence-electron chi connectivity index (χ2n) is 8.07. The van der Waals surface area contributed by atoms with Crippen LogP contribution < -0.4 is 16.0 Å². The van der Waals surface area contributed by atoms with Crippen molar-refractivity contribution in [1.82, 2.24) is 10.6 Å². The molecule has 2 aromatic carbocycles. The van der Waals surface area contributed by atoms with E-state index < -0.39 is 0 Å². The Hall–Kier alpha value is -2.44. The minimum absolute atomic E-state index is 0. The third-order valence-electron chi connectivity index (χ3n) is 6.26. The van der Waals surface area contributed by atoms with Gasteiger partial charge in [-0.15, -0.1) is 12.4 Å². The molecule has 1 saturated heterocycles. The van der Waals surface area contributed by atoms with Crippen LogP contribution in [0.2, 0.25) is 0 Å². The van der Waals surface area contributed by atoms with Gasteiger partial charge >= 0.3 is 0 Å². The molecule has 2 amide bonds. The van der Waals surface area contributed by atoms with Crippen LogP contribution in [-0.2, 0) is 11.3 Å². The second kappa shape index (κ2) is 9.58. The first kappa shape index (κ1) is 22.2. The van der Waals surface area contributed by atoms with E-state index in [1.165, 1.54) is 30.7 Å². The molecule has 3 N–H and O–H groups in total. The van der Waals surface area contributed by atoms with Crippen LogP contribution in [0.15, 0.2) is 48.5 Å². The minimum Gasteiger partial charge on any atom is -0.351 e. The van der Waals surface area contributed by atoms with Crippen molar-refractivity contribution in [2.45, 2.75) is 32.2 Å². The van der Waals surface area contributed by atoms with Crippen molar-refractivity contribution >= 4 is 29.9 Å². The zero-order chi connectivity index (χ0) is 20.3. The lowest BCUT2D eigenvalue weighted by Gasteiger charge is -2.37. The van der Waals surface area contributed by atoms with Gasteiger partial charge in [0, 0.05) is 24.3 Å². The lowest BCUT2D eigenvalue weighted by Crippen LogP contribution is -2.47. The Morgan fingerprint density at radius 2 is 1.80 bits per heavy atom. The third kappa shape index (κ3) is 4.65. The van der Waals surface area contributed by atoms with Crippen molar-refractivity contribution in [1.29, 1.82) is 0 Å². The first-order valence-electron chi connectivity index (χ1n) is 10.2. The molecule has 2 fully saturated rings. The van der Waals surface area contributed by atoms with E-state index in [2.05, 4.69) is 16.0 Å². The number of rotatable bonds is 5. The summed E-state index contributed by atoms with van der Waals surface area (Å²) in [5.41, 5.74) is 1.74. The molecule has 0 unspecified atom stereocenters. The lowest BCUT2D eigenvalue weighted by atomic mass is 9.67. The molecule has 5 nitrogen and oxygen atoms in total. The van der Waals surface area contributed by atoms with Crippen LogP contribution in [0.3, 0.4) is 0 Å². The van der Waals surface area contributed by atoms with E-state index in [-0.39, 0.29) is 35.5 Å². The molecule has 7 heteroatoms. The Morgan fingerprint density at radius 1 is 1.07 bits per heavy atom. The summed E-state index contributed by atoms with van der Waals surface area (Å²) < 4.78 is 13.0. The highest BCUT2D eigenvalue weighted by Crippen LogP contribution is 2.43. The van der Waals surface area contributed by atoms with Crippen LogP contribution in [0.5, 0.6) is 0 Å². The SMILES string of the molecule is Cl.O=C(Nc1ccc(F)cc1)c1ccc(CNC(=O)[C@@]23CCCC[C@H]2CNC3)cc1. The number of anilines is 1. The van der Waals surface area contributed by atoms with Crippen molar-refractivity contribution in [2.75, 3.05) is 18.4 Å². The molecular weight excluding hydrogens is 405 g/mol. The summed E-state index contributed by atoms with van der Waals surface area (Å²) in [7, 11) is 0. The monoisotopic (exact) mass is 431 g/mol. The molecular formula is C23H27ClFN3O2. The predicted octanol–water partition coefficient (Wildman–Crippen LogP) is 3.90. The number of fused-ring (bicyclic) bond motifs is 1. The molecule has 1 aliphatic heterocycles. The highest BCUT2D eigenvalue weighted by atomic mass is 35.5. The Morgan fingerprint density at radius 3 is 2.53 bits per heavy atom. The number of carbonyl (C=O) groups excluding carboxylic acids is 2. The summed E-state index contributed by atoms with van der Waals surface area (Å²) in [6, 6.07) is 12.8. The number of amides is 2. The highest BCUT2D eigenvalue weighted by molar-refractivity contribution is 6.04. The van der Waals surface area contributed by atoms with Gasteiger partial charge in [-0.05, 0) is 67.3 Å². The molecule has 1 heterocycles. The van der Waals surface area contributed by atoms with Gasteiger partial charge in [-0.3, -0.25) is 9.59 Å².